The molecule has 2 amide bonds. The molecule has 3 rings (SSSR count). The van der Waals surface area contributed by atoms with E-state index in [0.29, 0.717) is 24.4 Å². The van der Waals surface area contributed by atoms with Crippen molar-refractivity contribution in [3.05, 3.63) is 71.8 Å². The molecule has 0 radical (unpaired) electrons. The highest BCUT2D eigenvalue weighted by Crippen LogP contribution is 2.30. The van der Waals surface area contributed by atoms with Crippen LogP contribution in [0.2, 0.25) is 0 Å². The monoisotopic (exact) mass is 350 g/mol. The Bertz CT molecular complexity index is 808. The lowest BCUT2D eigenvalue weighted by molar-refractivity contribution is -0.130. The van der Waals surface area contributed by atoms with Crippen LogP contribution in [-0.2, 0) is 11.3 Å². The van der Waals surface area contributed by atoms with Crippen molar-refractivity contribution in [3.8, 4) is 5.75 Å². The van der Waals surface area contributed by atoms with Gasteiger partial charge in [0, 0.05) is 30.4 Å². The molecule has 1 heterocycles. The van der Waals surface area contributed by atoms with Gasteiger partial charge in [0.15, 0.2) is 0 Å². The number of fused-ring (bicyclic) bond motifs is 1. The van der Waals surface area contributed by atoms with Crippen LogP contribution in [0.1, 0.15) is 28.4 Å². The summed E-state index contributed by atoms with van der Waals surface area (Å²) in [6.45, 7) is 6.98. The second-order valence-corrected chi connectivity index (χ2v) is 6.21. The van der Waals surface area contributed by atoms with Gasteiger partial charge in [0.2, 0.25) is 5.91 Å². The highest BCUT2D eigenvalue weighted by atomic mass is 16.5. The maximum atomic E-state index is 12.6. The quantitative estimate of drug-likeness (QED) is 0.804. The summed E-state index contributed by atoms with van der Waals surface area (Å²) >= 11 is 0. The first-order valence-electron chi connectivity index (χ1n) is 8.57. The standard InChI is InChI=1S/C21H22N2O3/c1-4-26-17-11-9-16(10-12-17)13-22(3)20(24)14-23-15(2)18-7-5-6-8-19(18)21(23)25/h5-12H,2,4,13-14H2,1,3H3. The van der Waals surface area contributed by atoms with Gasteiger partial charge < -0.3 is 9.64 Å². The van der Waals surface area contributed by atoms with E-state index in [1.807, 2.05) is 49.4 Å². The van der Waals surface area contributed by atoms with Crippen molar-refractivity contribution in [2.45, 2.75) is 13.5 Å². The van der Waals surface area contributed by atoms with Crippen molar-refractivity contribution < 1.29 is 14.3 Å². The van der Waals surface area contributed by atoms with E-state index in [4.69, 9.17) is 4.74 Å². The Hall–Kier alpha value is -3.08. The molecule has 1 aliphatic rings. The molecule has 0 atom stereocenters. The molecule has 2 aromatic carbocycles. The smallest absolute Gasteiger partial charge is 0.259 e. The Morgan fingerprint density at radius 2 is 1.77 bits per heavy atom. The van der Waals surface area contributed by atoms with Crippen molar-refractivity contribution in [2.24, 2.45) is 0 Å². The summed E-state index contributed by atoms with van der Waals surface area (Å²) in [6.07, 6.45) is 0. The molecule has 26 heavy (non-hydrogen) atoms. The van der Waals surface area contributed by atoms with Crippen LogP contribution in [0.4, 0.5) is 0 Å². The molecule has 0 spiro atoms. The highest BCUT2D eigenvalue weighted by Gasteiger charge is 2.32. The van der Waals surface area contributed by atoms with Crippen molar-refractivity contribution in [3.63, 3.8) is 0 Å². The predicted octanol–water partition coefficient (Wildman–Crippen LogP) is 3.17. The Labute approximate surface area is 153 Å². The van der Waals surface area contributed by atoms with Gasteiger partial charge in [-0.15, -0.1) is 0 Å². The number of hydrogen-bond acceptors (Lipinski definition) is 3. The van der Waals surface area contributed by atoms with Crippen LogP contribution in [0.25, 0.3) is 5.70 Å². The fourth-order valence-corrected chi connectivity index (χ4v) is 2.98. The normalized spacial score (nSPS) is 12.9. The molecule has 134 valence electrons. The third-order valence-corrected chi connectivity index (χ3v) is 4.41. The summed E-state index contributed by atoms with van der Waals surface area (Å²) in [5.74, 6) is 0.497. The number of benzene rings is 2. The number of nitrogens with zero attached hydrogens (tertiary/aromatic N) is 2. The molecule has 0 saturated carbocycles. The van der Waals surface area contributed by atoms with Gasteiger partial charge in [-0.3, -0.25) is 14.5 Å². The Kier molecular flexibility index (Phi) is 5.07. The first-order chi connectivity index (χ1) is 12.5. The van der Waals surface area contributed by atoms with Crippen LogP contribution in [0.3, 0.4) is 0 Å². The number of ether oxygens (including phenoxy) is 1. The molecule has 0 bridgehead atoms. The lowest BCUT2D eigenvalue weighted by atomic mass is 10.1. The van der Waals surface area contributed by atoms with Crippen LogP contribution >= 0.6 is 0 Å². The van der Waals surface area contributed by atoms with Crippen molar-refractivity contribution >= 4 is 17.5 Å². The number of carbonyl (C=O) groups excluding carboxylic acids is 2. The van der Waals surface area contributed by atoms with Crippen LogP contribution in [0, 0.1) is 0 Å². The lowest BCUT2D eigenvalue weighted by Gasteiger charge is -2.22. The predicted molar refractivity (Wildman–Crippen MR) is 101 cm³/mol. The minimum atomic E-state index is -0.173. The molecular weight excluding hydrogens is 328 g/mol. The summed E-state index contributed by atoms with van der Waals surface area (Å²) in [5, 5.41) is 0. The van der Waals surface area contributed by atoms with Crippen LogP contribution in [0.15, 0.2) is 55.1 Å². The van der Waals surface area contributed by atoms with Crippen LogP contribution in [0.5, 0.6) is 5.75 Å². The Morgan fingerprint density at radius 3 is 2.38 bits per heavy atom. The van der Waals surface area contributed by atoms with E-state index in [0.717, 1.165) is 16.9 Å². The van der Waals surface area contributed by atoms with E-state index in [2.05, 4.69) is 6.58 Å². The number of carbonyl (C=O) groups is 2. The maximum absolute atomic E-state index is 12.6. The maximum Gasteiger partial charge on any atom is 0.259 e. The first kappa shape index (κ1) is 17.7. The van der Waals surface area contributed by atoms with Crippen LogP contribution in [-0.4, -0.2) is 41.8 Å². The highest BCUT2D eigenvalue weighted by molar-refractivity contribution is 6.10. The minimum absolute atomic E-state index is 0.0140. The Morgan fingerprint density at radius 1 is 1.12 bits per heavy atom. The summed E-state index contributed by atoms with van der Waals surface area (Å²) in [6, 6.07) is 14.9. The molecule has 0 unspecified atom stereocenters. The average molecular weight is 350 g/mol. The molecule has 1 aliphatic heterocycles. The largest absolute Gasteiger partial charge is 0.494 e. The van der Waals surface area contributed by atoms with Gasteiger partial charge in [0.1, 0.15) is 12.3 Å². The molecule has 0 fully saturated rings. The van der Waals surface area contributed by atoms with E-state index in [1.54, 1.807) is 18.0 Å². The van der Waals surface area contributed by atoms with E-state index in [-0.39, 0.29) is 18.4 Å². The molecule has 2 aromatic rings. The van der Waals surface area contributed by atoms with Gasteiger partial charge >= 0.3 is 0 Å². The van der Waals surface area contributed by atoms with E-state index < -0.39 is 0 Å². The first-order valence-corrected chi connectivity index (χ1v) is 8.57. The number of hydrogen-bond donors (Lipinski definition) is 0. The summed E-state index contributed by atoms with van der Waals surface area (Å²) in [4.78, 5) is 28.1. The zero-order chi connectivity index (χ0) is 18.7. The third-order valence-electron chi connectivity index (χ3n) is 4.41. The minimum Gasteiger partial charge on any atom is -0.494 e. The topological polar surface area (TPSA) is 49.9 Å². The summed E-state index contributed by atoms with van der Waals surface area (Å²) < 4.78 is 5.42. The van der Waals surface area contributed by atoms with Gasteiger partial charge in [0.25, 0.3) is 5.91 Å². The number of likely N-dealkylation sites (N-methyl/N-ethyl adjacent to an activating group) is 1. The molecular formula is C21H22N2O3. The van der Waals surface area contributed by atoms with Gasteiger partial charge in [0.05, 0.1) is 6.61 Å². The zero-order valence-corrected chi connectivity index (χ0v) is 15.1. The van der Waals surface area contributed by atoms with Gasteiger partial charge in [-0.25, -0.2) is 0 Å². The van der Waals surface area contributed by atoms with E-state index in [1.165, 1.54) is 4.90 Å². The fourth-order valence-electron chi connectivity index (χ4n) is 2.98. The number of amides is 2. The van der Waals surface area contributed by atoms with E-state index in [9.17, 15) is 9.59 Å². The molecule has 0 aromatic heterocycles. The third kappa shape index (κ3) is 3.47. The SMILES string of the molecule is C=C1c2ccccc2C(=O)N1CC(=O)N(C)Cc1ccc(OCC)cc1. The second kappa shape index (κ2) is 7.44. The van der Waals surface area contributed by atoms with Crippen molar-refractivity contribution in [1.82, 2.24) is 9.80 Å². The van der Waals surface area contributed by atoms with Crippen LogP contribution < -0.4 is 4.74 Å². The fraction of sp³-hybridized carbons (Fsp3) is 0.238. The van der Waals surface area contributed by atoms with Crippen molar-refractivity contribution in [2.75, 3.05) is 20.2 Å². The molecule has 5 heteroatoms. The molecule has 5 nitrogen and oxygen atoms in total. The molecule has 0 N–H and O–H groups in total. The summed E-state index contributed by atoms with van der Waals surface area (Å²) in [7, 11) is 1.73. The summed E-state index contributed by atoms with van der Waals surface area (Å²) in [5.41, 5.74) is 2.96. The van der Waals surface area contributed by atoms with Gasteiger partial charge in [-0.2, -0.15) is 0 Å². The van der Waals surface area contributed by atoms with Crippen molar-refractivity contribution in [1.29, 1.82) is 0 Å². The zero-order valence-electron chi connectivity index (χ0n) is 15.1. The Balaban J connectivity index is 1.63. The molecule has 0 saturated heterocycles. The number of rotatable bonds is 6. The van der Waals surface area contributed by atoms with Gasteiger partial charge in [-0.1, -0.05) is 36.9 Å². The van der Waals surface area contributed by atoms with E-state index >= 15 is 0 Å². The van der Waals surface area contributed by atoms with Gasteiger partial charge in [-0.05, 0) is 30.7 Å². The molecule has 0 aliphatic carbocycles. The average Bonchev–Trinajstić information content (AvgIpc) is 2.89. The second-order valence-electron chi connectivity index (χ2n) is 6.21. The lowest BCUT2D eigenvalue weighted by Crippen LogP contribution is -2.37.